The monoisotopic (exact) mass is 368 g/mol. The fourth-order valence-corrected chi connectivity index (χ4v) is 2.50. The molecule has 0 aliphatic carbocycles. The van der Waals surface area contributed by atoms with Gasteiger partial charge in [-0.3, -0.25) is 9.59 Å². The molecule has 0 bridgehead atoms. The van der Waals surface area contributed by atoms with E-state index in [9.17, 15) is 14.0 Å². The van der Waals surface area contributed by atoms with E-state index in [0.29, 0.717) is 22.9 Å². The number of aryl methyl sites for hydroxylation is 1. The molecular formula is C16H17FN2O5S. The summed E-state index contributed by atoms with van der Waals surface area (Å²) in [6, 6.07) is 5.55. The third kappa shape index (κ3) is 6.11. The minimum atomic E-state index is -0.513. The summed E-state index contributed by atoms with van der Waals surface area (Å²) in [4.78, 5) is 23.4. The molecule has 7 nitrogen and oxygen atoms in total. The standard InChI is InChI=1S/C16H17FN2O5S/c1-10-5-14(19-24-10)18-15(20)8-25-9-16(21)23-7-11-6-12(17)3-4-13(11)22-2/h3-6H,7-9H2,1-2H3,(H,18,19,20). The molecule has 2 aromatic rings. The first kappa shape index (κ1) is 18.8. The molecule has 0 radical (unpaired) electrons. The molecule has 0 aliphatic heterocycles. The Morgan fingerprint density at radius 1 is 1.32 bits per heavy atom. The van der Waals surface area contributed by atoms with Gasteiger partial charge >= 0.3 is 5.97 Å². The van der Waals surface area contributed by atoms with Crippen molar-refractivity contribution in [2.45, 2.75) is 13.5 Å². The number of amides is 1. The van der Waals surface area contributed by atoms with Crippen molar-refractivity contribution in [3.63, 3.8) is 0 Å². The highest BCUT2D eigenvalue weighted by atomic mass is 32.2. The normalized spacial score (nSPS) is 10.4. The van der Waals surface area contributed by atoms with Crippen molar-refractivity contribution in [3.05, 3.63) is 41.4 Å². The number of ether oxygens (including phenoxy) is 2. The molecule has 0 saturated carbocycles. The van der Waals surface area contributed by atoms with E-state index >= 15 is 0 Å². The summed E-state index contributed by atoms with van der Waals surface area (Å²) in [6.45, 7) is 1.60. The number of nitrogens with one attached hydrogen (secondary N) is 1. The lowest BCUT2D eigenvalue weighted by Crippen LogP contribution is -2.16. The molecule has 0 spiro atoms. The lowest BCUT2D eigenvalue weighted by Gasteiger charge is -2.09. The average molecular weight is 368 g/mol. The first-order chi connectivity index (χ1) is 12.0. The molecule has 0 atom stereocenters. The quantitative estimate of drug-likeness (QED) is 0.716. The minimum Gasteiger partial charge on any atom is -0.496 e. The molecule has 1 amide bonds. The van der Waals surface area contributed by atoms with Crippen molar-refractivity contribution < 1.29 is 28.0 Å². The maximum atomic E-state index is 13.2. The number of hydrogen-bond acceptors (Lipinski definition) is 7. The summed E-state index contributed by atoms with van der Waals surface area (Å²) in [5.41, 5.74) is 0.431. The molecule has 9 heteroatoms. The zero-order valence-electron chi connectivity index (χ0n) is 13.7. The van der Waals surface area contributed by atoms with Gasteiger partial charge in [0.05, 0.1) is 18.6 Å². The molecule has 25 heavy (non-hydrogen) atoms. The van der Waals surface area contributed by atoms with Crippen LogP contribution < -0.4 is 10.1 Å². The number of carbonyl (C=O) groups excluding carboxylic acids is 2. The SMILES string of the molecule is COc1ccc(F)cc1COC(=O)CSCC(=O)Nc1cc(C)on1. The summed E-state index contributed by atoms with van der Waals surface area (Å²) < 4.78 is 28.2. The van der Waals surface area contributed by atoms with Crippen molar-refractivity contribution in [2.24, 2.45) is 0 Å². The molecule has 2 rings (SSSR count). The van der Waals surface area contributed by atoms with Gasteiger partial charge in [0, 0.05) is 11.6 Å². The Kier molecular flexibility index (Phi) is 6.81. The van der Waals surface area contributed by atoms with Gasteiger partial charge in [0.1, 0.15) is 23.9 Å². The number of anilines is 1. The predicted octanol–water partition coefficient (Wildman–Crippen LogP) is 2.55. The minimum absolute atomic E-state index is 0.0110. The van der Waals surface area contributed by atoms with Crippen LogP contribution in [0.3, 0.4) is 0 Å². The Labute approximate surface area is 147 Å². The number of benzene rings is 1. The fourth-order valence-electron chi connectivity index (χ4n) is 1.89. The van der Waals surface area contributed by atoms with Crippen LogP contribution in [0.4, 0.5) is 10.2 Å². The number of methoxy groups -OCH3 is 1. The van der Waals surface area contributed by atoms with Crippen LogP contribution in [0.1, 0.15) is 11.3 Å². The second-order valence-corrected chi connectivity index (χ2v) is 5.97. The Morgan fingerprint density at radius 2 is 2.12 bits per heavy atom. The molecule has 1 aromatic carbocycles. The van der Waals surface area contributed by atoms with Crippen LogP contribution in [0.15, 0.2) is 28.8 Å². The second-order valence-electron chi connectivity index (χ2n) is 4.98. The first-order valence-electron chi connectivity index (χ1n) is 7.27. The van der Waals surface area contributed by atoms with E-state index in [1.807, 2.05) is 0 Å². The summed E-state index contributed by atoms with van der Waals surface area (Å²) in [7, 11) is 1.45. The van der Waals surface area contributed by atoms with E-state index in [0.717, 1.165) is 11.8 Å². The van der Waals surface area contributed by atoms with Gasteiger partial charge < -0.3 is 19.3 Å². The number of carbonyl (C=O) groups is 2. The third-order valence-corrected chi connectivity index (χ3v) is 3.89. The Morgan fingerprint density at radius 3 is 2.80 bits per heavy atom. The zero-order valence-corrected chi connectivity index (χ0v) is 14.5. The van der Waals surface area contributed by atoms with Gasteiger partial charge in [-0.15, -0.1) is 11.8 Å². The maximum Gasteiger partial charge on any atom is 0.316 e. The molecule has 0 saturated heterocycles. The van der Waals surface area contributed by atoms with Crippen LogP contribution >= 0.6 is 11.8 Å². The highest BCUT2D eigenvalue weighted by Gasteiger charge is 2.11. The van der Waals surface area contributed by atoms with Crippen LogP contribution in [0, 0.1) is 12.7 Å². The fraction of sp³-hybridized carbons (Fsp3) is 0.312. The highest BCUT2D eigenvalue weighted by Crippen LogP contribution is 2.20. The van der Waals surface area contributed by atoms with E-state index in [1.54, 1.807) is 13.0 Å². The molecule has 1 heterocycles. The molecular weight excluding hydrogens is 351 g/mol. The largest absolute Gasteiger partial charge is 0.496 e. The lowest BCUT2D eigenvalue weighted by molar-refractivity contribution is -0.141. The predicted molar refractivity (Wildman–Crippen MR) is 89.9 cm³/mol. The van der Waals surface area contributed by atoms with Gasteiger partial charge in [0.25, 0.3) is 0 Å². The van der Waals surface area contributed by atoms with Crippen LogP contribution in [0.2, 0.25) is 0 Å². The average Bonchev–Trinajstić information content (AvgIpc) is 2.98. The number of esters is 1. The van der Waals surface area contributed by atoms with Crippen molar-refractivity contribution in [1.29, 1.82) is 0 Å². The lowest BCUT2D eigenvalue weighted by atomic mass is 10.2. The number of rotatable bonds is 8. The van der Waals surface area contributed by atoms with E-state index < -0.39 is 11.8 Å². The third-order valence-electron chi connectivity index (χ3n) is 2.98. The van der Waals surface area contributed by atoms with E-state index in [1.165, 1.54) is 25.3 Å². The number of thioether (sulfide) groups is 1. The van der Waals surface area contributed by atoms with Gasteiger partial charge in [-0.25, -0.2) is 4.39 Å². The van der Waals surface area contributed by atoms with Gasteiger partial charge in [-0.05, 0) is 25.1 Å². The molecule has 134 valence electrons. The van der Waals surface area contributed by atoms with Crippen LogP contribution in [0.5, 0.6) is 5.75 Å². The van der Waals surface area contributed by atoms with E-state index in [-0.39, 0.29) is 24.0 Å². The number of halogens is 1. The topological polar surface area (TPSA) is 90.7 Å². The molecule has 0 aliphatic rings. The van der Waals surface area contributed by atoms with Gasteiger partial charge in [-0.1, -0.05) is 5.16 Å². The van der Waals surface area contributed by atoms with Gasteiger partial charge in [0.15, 0.2) is 5.82 Å². The molecule has 1 N–H and O–H groups in total. The first-order valence-corrected chi connectivity index (χ1v) is 8.42. The second kappa shape index (κ2) is 9.07. The Hall–Kier alpha value is -2.55. The van der Waals surface area contributed by atoms with Gasteiger partial charge in [-0.2, -0.15) is 0 Å². The summed E-state index contributed by atoms with van der Waals surface area (Å²) in [5, 5.41) is 6.18. The molecule has 0 unspecified atom stereocenters. The van der Waals surface area contributed by atoms with Gasteiger partial charge in [0.2, 0.25) is 5.91 Å². The Bertz CT molecular complexity index is 750. The van der Waals surface area contributed by atoms with Crippen molar-refractivity contribution in [3.8, 4) is 5.75 Å². The van der Waals surface area contributed by atoms with Crippen LogP contribution in [0.25, 0.3) is 0 Å². The zero-order chi connectivity index (χ0) is 18.2. The maximum absolute atomic E-state index is 13.2. The van der Waals surface area contributed by atoms with Crippen molar-refractivity contribution in [1.82, 2.24) is 5.16 Å². The smallest absolute Gasteiger partial charge is 0.316 e. The summed E-state index contributed by atoms with van der Waals surface area (Å²) in [6.07, 6.45) is 0. The number of aromatic nitrogens is 1. The van der Waals surface area contributed by atoms with E-state index in [2.05, 4.69) is 10.5 Å². The van der Waals surface area contributed by atoms with Crippen molar-refractivity contribution in [2.75, 3.05) is 23.9 Å². The molecule has 1 aromatic heterocycles. The van der Waals surface area contributed by atoms with Crippen LogP contribution in [-0.4, -0.2) is 35.6 Å². The van der Waals surface area contributed by atoms with Crippen molar-refractivity contribution >= 4 is 29.5 Å². The summed E-state index contributed by atoms with van der Waals surface area (Å²) >= 11 is 1.09. The summed E-state index contributed by atoms with van der Waals surface area (Å²) in [5.74, 6) is 0.125. The Balaban J connectivity index is 1.70. The number of nitrogens with zero attached hydrogens (tertiary/aromatic N) is 1. The van der Waals surface area contributed by atoms with Crippen LogP contribution in [-0.2, 0) is 20.9 Å². The van der Waals surface area contributed by atoms with E-state index in [4.69, 9.17) is 14.0 Å². The highest BCUT2D eigenvalue weighted by molar-refractivity contribution is 8.00. The molecule has 0 fully saturated rings. The number of hydrogen-bond donors (Lipinski definition) is 1.